The van der Waals surface area contributed by atoms with E-state index < -0.39 is 9.84 Å². The Morgan fingerprint density at radius 3 is 2.64 bits per heavy atom. The fraction of sp³-hybridized carbons (Fsp3) is 0.0714. The van der Waals surface area contributed by atoms with E-state index >= 15 is 0 Å². The molecule has 0 aliphatic carbocycles. The first-order valence-corrected chi connectivity index (χ1v) is 8.05. The summed E-state index contributed by atoms with van der Waals surface area (Å²) in [5.74, 6) is 0. The minimum atomic E-state index is -3.76. The third-order valence-electron chi connectivity index (χ3n) is 3.48. The molecular formula is C14H11N5O2S. The van der Waals surface area contributed by atoms with Gasteiger partial charge in [0, 0.05) is 6.20 Å². The van der Waals surface area contributed by atoms with Crippen molar-refractivity contribution >= 4 is 26.6 Å². The number of aromatic nitrogens is 5. The van der Waals surface area contributed by atoms with Gasteiger partial charge in [-0.15, -0.1) is 10.2 Å². The van der Waals surface area contributed by atoms with Crippen LogP contribution in [0.2, 0.25) is 0 Å². The van der Waals surface area contributed by atoms with E-state index in [0.29, 0.717) is 16.8 Å². The molecule has 4 aromatic rings. The van der Waals surface area contributed by atoms with E-state index in [1.165, 1.54) is 10.6 Å². The number of H-pyrrole nitrogens is 1. The zero-order chi connectivity index (χ0) is 15.3. The van der Waals surface area contributed by atoms with Gasteiger partial charge in [-0.05, 0) is 25.1 Å². The minimum absolute atomic E-state index is 0.113. The van der Waals surface area contributed by atoms with Crippen LogP contribution in [0.15, 0.2) is 52.8 Å². The van der Waals surface area contributed by atoms with E-state index in [1.807, 2.05) is 6.92 Å². The molecule has 3 heterocycles. The van der Waals surface area contributed by atoms with Gasteiger partial charge in [0.1, 0.15) is 0 Å². The molecule has 110 valence electrons. The molecule has 0 aliphatic rings. The van der Waals surface area contributed by atoms with E-state index in [2.05, 4.69) is 20.2 Å². The third kappa shape index (κ3) is 1.74. The highest BCUT2D eigenvalue weighted by molar-refractivity contribution is 7.91. The highest BCUT2D eigenvalue weighted by Gasteiger charge is 2.25. The monoisotopic (exact) mass is 313 g/mol. The normalized spacial score (nSPS) is 12.2. The van der Waals surface area contributed by atoms with E-state index in [9.17, 15) is 8.42 Å². The standard InChI is InChI=1S/C14H11N5O2S/c1-9-2-4-10(5-3-9)22(20,21)14-18-17-12-8-16-13-11(19(12)14)6-7-15-13/h2-8,15H,1H3. The zero-order valence-electron chi connectivity index (χ0n) is 11.6. The summed E-state index contributed by atoms with van der Waals surface area (Å²) in [7, 11) is -3.76. The van der Waals surface area contributed by atoms with Crippen LogP contribution < -0.4 is 0 Å². The average Bonchev–Trinajstić information content (AvgIpc) is 3.13. The molecule has 0 saturated heterocycles. The van der Waals surface area contributed by atoms with Crippen molar-refractivity contribution in [2.75, 3.05) is 0 Å². The number of benzene rings is 1. The molecule has 0 aliphatic heterocycles. The van der Waals surface area contributed by atoms with Gasteiger partial charge in [-0.25, -0.2) is 13.4 Å². The Balaban J connectivity index is 2.04. The van der Waals surface area contributed by atoms with Gasteiger partial charge in [-0.1, -0.05) is 17.7 Å². The van der Waals surface area contributed by atoms with Gasteiger partial charge >= 0.3 is 0 Å². The molecule has 0 saturated carbocycles. The number of rotatable bonds is 2. The highest BCUT2D eigenvalue weighted by Crippen LogP contribution is 2.23. The zero-order valence-corrected chi connectivity index (χ0v) is 12.4. The Morgan fingerprint density at radius 1 is 1.09 bits per heavy atom. The van der Waals surface area contributed by atoms with Gasteiger partial charge in [-0.3, -0.25) is 4.40 Å². The van der Waals surface area contributed by atoms with Crippen molar-refractivity contribution < 1.29 is 8.42 Å². The second kappa shape index (κ2) is 4.38. The number of hydrogen-bond donors (Lipinski definition) is 1. The van der Waals surface area contributed by atoms with Crippen LogP contribution in [0.25, 0.3) is 16.8 Å². The van der Waals surface area contributed by atoms with Gasteiger partial charge in [0.15, 0.2) is 11.3 Å². The smallest absolute Gasteiger partial charge is 0.259 e. The summed E-state index contributed by atoms with van der Waals surface area (Å²) < 4.78 is 27.2. The first kappa shape index (κ1) is 13.0. The number of nitrogens with zero attached hydrogens (tertiary/aromatic N) is 4. The second-order valence-corrected chi connectivity index (χ2v) is 6.81. The molecular weight excluding hydrogens is 302 g/mol. The Hall–Kier alpha value is -2.74. The number of aromatic amines is 1. The van der Waals surface area contributed by atoms with Crippen LogP contribution in [0, 0.1) is 6.92 Å². The number of nitrogens with one attached hydrogen (secondary N) is 1. The number of hydrogen-bond acceptors (Lipinski definition) is 5. The van der Waals surface area contributed by atoms with Gasteiger partial charge in [0.05, 0.1) is 16.6 Å². The van der Waals surface area contributed by atoms with Crippen molar-refractivity contribution in [3.63, 3.8) is 0 Å². The maximum Gasteiger partial charge on any atom is 0.259 e. The predicted molar refractivity (Wildman–Crippen MR) is 79.3 cm³/mol. The lowest BCUT2D eigenvalue weighted by molar-refractivity contribution is 0.586. The largest absolute Gasteiger partial charge is 0.345 e. The average molecular weight is 313 g/mol. The van der Waals surface area contributed by atoms with Crippen molar-refractivity contribution in [3.8, 4) is 0 Å². The highest BCUT2D eigenvalue weighted by atomic mass is 32.2. The maximum atomic E-state index is 12.8. The van der Waals surface area contributed by atoms with Crippen molar-refractivity contribution in [2.24, 2.45) is 0 Å². The third-order valence-corrected chi connectivity index (χ3v) is 5.12. The van der Waals surface area contributed by atoms with Gasteiger partial charge in [0.2, 0.25) is 9.84 Å². The number of aryl methyl sites for hydroxylation is 1. The molecule has 4 rings (SSSR count). The molecule has 7 nitrogen and oxygen atoms in total. The van der Waals surface area contributed by atoms with Gasteiger partial charge in [0.25, 0.3) is 5.16 Å². The van der Waals surface area contributed by atoms with E-state index in [-0.39, 0.29) is 10.1 Å². The summed E-state index contributed by atoms with van der Waals surface area (Å²) in [4.78, 5) is 7.31. The first-order valence-electron chi connectivity index (χ1n) is 6.56. The van der Waals surface area contributed by atoms with Crippen molar-refractivity contribution in [2.45, 2.75) is 17.0 Å². The second-order valence-electron chi connectivity index (χ2n) is 4.96. The van der Waals surface area contributed by atoms with Crippen LogP contribution in [0.5, 0.6) is 0 Å². The maximum absolute atomic E-state index is 12.8. The summed E-state index contributed by atoms with van der Waals surface area (Å²) in [5.41, 5.74) is 2.57. The van der Waals surface area contributed by atoms with E-state index in [1.54, 1.807) is 36.5 Å². The molecule has 0 amide bonds. The SMILES string of the molecule is Cc1ccc(S(=O)(=O)c2nnc3cnc4[nH]ccc4n23)cc1. The Morgan fingerprint density at radius 2 is 1.86 bits per heavy atom. The summed E-state index contributed by atoms with van der Waals surface area (Å²) in [6, 6.07) is 8.39. The molecule has 0 spiro atoms. The fourth-order valence-corrected chi connectivity index (χ4v) is 3.63. The molecule has 8 heteroatoms. The van der Waals surface area contributed by atoms with Crippen molar-refractivity contribution in [1.29, 1.82) is 0 Å². The predicted octanol–water partition coefficient (Wildman–Crippen LogP) is 1.75. The molecule has 0 fully saturated rings. The summed E-state index contributed by atoms with van der Waals surface area (Å²) in [6.07, 6.45) is 3.18. The molecule has 22 heavy (non-hydrogen) atoms. The molecule has 0 radical (unpaired) electrons. The fourth-order valence-electron chi connectivity index (χ4n) is 2.35. The van der Waals surface area contributed by atoms with Crippen LogP contribution in [0.1, 0.15) is 5.56 Å². The van der Waals surface area contributed by atoms with Crippen molar-refractivity contribution in [3.05, 3.63) is 48.3 Å². The molecule has 1 aromatic carbocycles. The Labute approximate surface area is 125 Å². The van der Waals surface area contributed by atoms with E-state index in [0.717, 1.165) is 5.56 Å². The van der Waals surface area contributed by atoms with E-state index in [4.69, 9.17) is 0 Å². The first-order chi connectivity index (χ1) is 10.6. The molecule has 0 unspecified atom stereocenters. The minimum Gasteiger partial charge on any atom is -0.345 e. The van der Waals surface area contributed by atoms with Crippen LogP contribution in [-0.2, 0) is 9.84 Å². The van der Waals surface area contributed by atoms with Crippen LogP contribution in [0.4, 0.5) is 0 Å². The number of fused-ring (bicyclic) bond motifs is 3. The lowest BCUT2D eigenvalue weighted by Gasteiger charge is -2.04. The van der Waals surface area contributed by atoms with Crippen LogP contribution in [-0.4, -0.2) is 33.0 Å². The summed E-state index contributed by atoms with van der Waals surface area (Å²) in [6.45, 7) is 1.90. The van der Waals surface area contributed by atoms with Gasteiger partial charge in [-0.2, -0.15) is 0 Å². The lowest BCUT2D eigenvalue weighted by atomic mass is 10.2. The quantitative estimate of drug-likeness (QED) is 0.608. The molecule has 1 N–H and O–H groups in total. The molecule has 0 bridgehead atoms. The number of sulfone groups is 1. The molecule has 0 atom stereocenters. The molecule has 3 aromatic heterocycles. The topological polar surface area (TPSA) is 93.0 Å². The lowest BCUT2D eigenvalue weighted by Crippen LogP contribution is -2.07. The van der Waals surface area contributed by atoms with Crippen LogP contribution >= 0.6 is 0 Å². The summed E-state index contributed by atoms with van der Waals surface area (Å²) >= 11 is 0. The van der Waals surface area contributed by atoms with Gasteiger partial charge < -0.3 is 4.98 Å². The van der Waals surface area contributed by atoms with Crippen molar-refractivity contribution in [1.82, 2.24) is 24.6 Å². The summed E-state index contributed by atoms with van der Waals surface area (Å²) in [5, 5.41) is 7.67. The Bertz CT molecular complexity index is 1090. The van der Waals surface area contributed by atoms with Crippen LogP contribution in [0.3, 0.4) is 0 Å². The Kier molecular flexibility index (Phi) is 2.58.